The molecule has 8 nitrogen and oxygen atoms in total. The van der Waals surface area contributed by atoms with Crippen molar-refractivity contribution in [2.75, 3.05) is 26.2 Å². The number of carbonyl (C=O) groups excluding carboxylic acids is 2. The van der Waals surface area contributed by atoms with E-state index in [4.69, 9.17) is 16.3 Å². The molecule has 2 N–H and O–H groups in total. The van der Waals surface area contributed by atoms with E-state index >= 15 is 0 Å². The molecule has 2 saturated heterocycles. The lowest BCUT2D eigenvalue weighted by Crippen LogP contribution is -2.61. The maximum absolute atomic E-state index is 12.8. The summed E-state index contributed by atoms with van der Waals surface area (Å²) in [6.07, 6.45) is 3.33. The van der Waals surface area contributed by atoms with Crippen LogP contribution < -0.4 is 5.32 Å². The van der Waals surface area contributed by atoms with E-state index in [2.05, 4.69) is 20.2 Å². The number of nitrogens with one attached hydrogen (secondary N) is 2. The molecule has 2 aliphatic heterocycles. The molecule has 0 radical (unpaired) electrons. The minimum Gasteiger partial charge on any atom is -0.444 e. The molecule has 0 unspecified atom stereocenters. The highest BCUT2D eigenvalue weighted by Gasteiger charge is 2.38. The first-order valence-electron chi connectivity index (χ1n) is 10.4. The summed E-state index contributed by atoms with van der Waals surface area (Å²) in [6, 6.07) is -0.00737. The second-order valence-corrected chi connectivity index (χ2v) is 9.17. The van der Waals surface area contributed by atoms with Crippen LogP contribution in [-0.4, -0.2) is 75.6 Å². The zero-order valence-electron chi connectivity index (χ0n) is 17.8. The Kier molecular flexibility index (Phi) is 6.73. The lowest BCUT2D eigenvalue weighted by Gasteiger charge is -2.43. The molecule has 1 aromatic heterocycles. The summed E-state index contributed by atoms with van der Waals surface area (Å²) in [5, 5.41) is 3.46. The molecule has 3 rings (SSSR count). The van der Waals surface area contributed by atoms with Crippen LogP contribution in [0.5, 0.6) is 0 Å². The number of rotatable bonds is 4. The Morgan fingerprint density at radius 1 is 1.28 bits per heavy atom. The summed E-state index contributed by atoms with van der Waals surface area (Å²) in [6.45, 7) is 10.6. The largest absolute Gasteiger partial charge is 0.444 e. The van der Waals surface area contributed by atoms with Crippen molar-refractivity contribution in [3.8, 4) is 0 Å². The van der Waals surface area contributed by atoms with E-state index in [1.165, 1.54) is 0 Å². The molecule has 0 spiro atoms. The van der Waals surface area contributed by atoms with E-state index in [0.29, 0.717) is 31.1 Å². The van der Waals surface area contributed by atoms with Gasteiger partial charge < -0.3 is 19.9 Å². The van der Waals surface area contributed by atoms with Crippen molar-refractivity contribution in [3.63, 3.8) is 0 Å². The van der Waals surface area contributed by atoms with Crippen LogP contribution in [0, 0.1) is 0 Å². The number of piperidine rings is 1. The lowest BCUT2D eigenvalue weighted by atomic mass is 9.98. The van der Waals surface area contributed by atoms with Crippen LogP contribution in [0.2, 0.25) is 5.15 Å². The second kappa shape index (κ2) is 8.92. The highest BCUT2D eigenvalue weighted by molar-refractivity contribution is 6.30. The smallest absolute Gasteiger partial charge is 0.410 e. The molecular formula is C20H32ClN5O3. The van der Waals surface area contributed by atoms with E-state index in [-0.39, 0.29) is 29.9 Å². The topological polar surface area (TPSA) is 90.6 Å². The average Bonchev–Trinajstić information content (AvgIpc) is 3.30. The number of carbonyl (C=O) groups is 2. The fraction of sp³-hybridized carbons (Fsp3) is 0.750. The number of imidazole rings is 1. The molecule has 29 heavy (non-hydrogen) atoms. The molecule has 0 bridgehead atoms. The Hall–Kier alpha value is -1.80. The Morgan fingerprint density at radius 3 is 2.55 bits per heavy atom. The number of H-pyrrole nitrogens is 1. The Morgan fingerprint density at radius 2 is 1.97 bits per heavy atom. The van der Waals surface area contributed by atoms with Crippen LogP contribution in [0.25, 0.3) is 0 Å². The summed E-state index contributed by atoms with van der Waals surface area (Å²) < 4.78 is 5.55. The molecule has 0 aromatic carbocycles. The highest BCUT2D eigenvalue weighted by atomic mass is 35.5. The van der Waals surface area contributed by atoms with Crippen molar-refractivity contribution in [1.29, 1.82) is 0 Å². The van der Waals surface area contributed by atoms with Crippen molar-refractivity contribution >= 4 is 23.6 Å². The summed E-state index contributed by atoms with van der Waals surface area (Å²) in [5.41, 5.74) is 0.230. The number of aryl methyl sites for hydroxylation is 1. The lowest BCUT2D eigenvalue weighted by molar-refractivity contribution is 0.00765. The van der Waals surface area contributed by atoms with Crippen LogP contribution in [-0.2, 0) is 11.2 Å². The van der Waals surface area contributed by atoms with Gasteiger partial charge in [0.2, 0.25) is 0 Å². The minimum atomic E-state index is -0.527. The van der Waals surface area contributed by atoms with Gasteiger partial charge in [-0.2, -0.15) is 0 Å². The number of ether oxygens (including phenoxy) is 1. The fourth-order valence-electron chi connectivity index (χ4n) is 4.00. The number of nitrogens with zero attached hydrogens (tertiary/aromatic N) is 3. The van der Waals surface area contributed by atoms with E-state index in [0.717, 1.165) is 31.6 Å². The number of amides is 2. The van der Waals surface area contributed by atoms with E-state index in [1.807, 2.05) is 27.7 Å². The number of likely N-dealkylation sites (tertiary alicyclic amines) is 2. The zero-order valence-corrected chi connectivity index (χ0v) is 18.5. The van der Waals surface area contributed by atoms with Gasteiger partial charge >= 0.3 is 6.09 Å². The number of aromatic nitrogens is 2. The number of halogens is 1. The molecule has 2 amide bonds. The van der Waals surface area contributed by atoms with Gasteiger partial charge in [-0.3, -0.25) is 9.69 Å². The monoisotopic (exact) mass is 425 g/mol. The molecule has 2 fully saturated rings. The van der Waals surface area contributed by atoms with Crippen molar-refractivity contribution in [1.82, 2.24) is 25.1 Å². The van der Waals surface area contributed by atoms with Crippen LogP contribution in [0.15, 0.2) is 0 Å². The van der Waals surface area contributed by atoms with Crippen LogP contribution in [0.3, 0.4) is 0 Å². The normalized spacial score (nSPS) is 23.3. The molecule has 3 heterocycles. The van der Waals surface area contributed by atoms with Gasteiger partial charge in [0.25, 0.3) is 5.91 Å². The molecule has 1 aromatic rings. The van der Waals surface area contributed by atoms with Gasteiger partial charge in [0.1, 0.15) is 5.60 Å². The van der Waals surface area contributed by atoms with Gasteiger partial charge in [-0.15, -0.1) is 0 Å². The van der Waals surface area contributed by atoms with Gasteiger partial charge in [0, 0.05) is 25.2 Å². The molecular weight excluding hydrogens is 394 g/mol. The standard InChI is InChI=1S/C20H32ClN5O3/c1-5-13-16(21)24-17(22-13)18(27)23-14-8-11-26(19(28)29-20(2,3)4)12-15(14)25-9-6-7-10-25/h14-15H,5-12H2,1-4H3,(H,22,24)(H,23,27)/t14-,15+/m0/s1. The van der Waals surface area contributed by atoms with Crippen LogP contribution >= 0.6 is 11.6 Å². The van der Waals surface area contributed by atoms with E-state index < -0.39 is 5.60 Å². The Labute approximate surface area is 177 Å². The fourth-order valence-corrected chi connectivity index (χ4v) is 4.27. The maximum atomic E-state index is 12.8. The van der Waals surface area contributed by atoms with E-state index in [9.17, 15) is 9.59 Å². The first-order valence-corrected chi connectivity index (χ1v) is 10.8. The van der Waals surface area contributed by atoms with Crippen molar-refractivity contribution < 1.29 is 14.3 Å². The zero-order chi connectivity index (χ0) is 21.2. The van der Waals surface area contributed by atoms with E-state index in [1.54, 1.807) is 4.90 Å². The third kappa shape index (κ3) is 5.42. The first kappa shape index (κ1) is 21.9. The van der Waals surface area contributed by atoms with Crippen molar-refractivity contribution in [2.24, 2.45) is 0 Å². The predicted molar refractivity (Wildman–Crippen MR) is 111 cm³/mol. The number of hydrogen-bond acceptors (Lipinski definition) is 5. The summed E-state index contributed by atoms with van der Waals surface area (Å²) >= 11 is 6.08. The van der Waals surface area contributed by atoms with Gasteiger partial charge in [-0.1, -0.05) is 18.5 Å². The van der Waals surface area contributed by atoms with Crippen LogP contribution in [0.1, 0.15) is 63.3 Å². The molecule has 2 aliphatic rings. The summed E-state index contributed by atoms with van der Waals surface area (Å²) in [7, 11) is 0. The van der Waals surface area contributed by atoms with Crippen molar-refractivity contribution in [2.45, 2.75) is 71.1 Å². The Balaban J connectivity index is 1.70. The third-order valence-electron chi connectivity index (χ3n) is 5.46. The second-order valence-electron chi connectivity index (χ2n) is 8.81. The maximum Gasteiger partial charge on any atom is 0.410 e. The van der Waals surface area contributed by atoms with Crippen LogP contribution in [0.4, 0.5) is 4.79 Å². The molecule has 0 saturated carbocycles. The van der Waals surface area contributed by atoms with Gasteiger partial charge in [0.15, 0.2) is 11.0 Å². The summed E-state index contributed by atoms with van der Waals surface area (Å²) in [4.78, 5) is 36.6. The SMILES string of the molecule is CCc1[nH]c(C(=O)N[C@H]2CCN(C(=O)OC(C)(C)C)C[C@H]2N2CCCC2)nc1Cl. The number of aromatic amines is 1. The summed E-state index contributed by atoms with van der Waals surface area (Å²) in [5.74, 6) is -0.0203. The first-order chi connectivity index (χ1) is 13.7. The quantitative estimate of drug-likeness (QED) is 0.774. The van der Waals surface area contributed by atoms with Gasteiger partial charge in [-0.05, 0) is 59.5 Å². The molecule has 162 valence electrons. The van der Waals surface area contributed by atoms with Crippen molar-refractivity contribution in [3.05, 3.63) is 16.7 Å². The van der Waals surface area contributed by atoms with Gasteiger partial charge in [-0.25, -0.2) is 9.78 Å². The third-order valence-corrected chi connectivity index (χ3v) is 5.77. The predicted octanol–water partition coefficient (Wildman–Crippen LogP) is 2.83. The molecule has 0 aliphatic carbocycles. The molecule has 9 heteroatoms. The minimum absolute atomic E-state index is 0.0544. The highest BCUT2D eigenvalue weighted by Crippen LogP contribution is 2.23. The number of hydrogen-bond donors (Lipinski definition) is 2. The average molecular weight is 426 g/mol. The molecule has 2 atom stereocenters. The Bertz CT molecular complexity index is 739. The van der Waals surface area contributed by atoms with Gasteiger partial charge in [0.05, 0.1) is 5.69 Å².